The minimum Gasteiger partial charge on any atom is -0.366 e. The van der Waals surface area contributed by atoms with Gasteiger partial charge in [-0.15, -0.1) is 5.10 Å². The summed E-state index contributed by atoms with van der Waals surface area (Å²) in [7, 11) is 0. The first-order chi connectivity index (χ1) is 7.49. The summed E-state index contributed by atoms with van der Waals surface area (Å²) in [6.45, 7) is 1.56. The number of aryl methyl sites for hydroxylation is 1. The third-order valence-electron chi connectivity index (χ3n) is 2.00. The Labute approximate surface area is 88.5 Å². The van der Waals surface area contributed by atoms with E-state index in [4.69, 9.17) is 5.73 Å². The van der Waals surface area contributed by atoms with Crippen molar-refractivity contribution >= 4 is 5.95 Å². The van der Waals surface area contributed by atoms with Gasteiger partial charge in [0.1, 0.15) is 5.82 Å². The molecule has 4 nitrogen and oxygen atoms in total. The van der Waals surface area contributed by atoms with Gasteiger partial charge in [0.15, 0.2) is 17.5 Å². The number of anilines is 1. The fraction of sp³-hybridized carbons (Fsp3) is 0.111. The SMILES string of the molecule is Cc1nc(N)nn1-c1cc(F)c(F)c(F)c1. The minimum absolute atomic E-state index is 0.0253. The Morgan fingerprint density at radius 3 is 2.19 bits per heavy atom. The summed E-state index contributed by atoms with van der Waals surface area (Å²) in [6, 6.07) is 1.64. The molecule has 0 saturated heterocycles. The highest BCUT2D eigenvalue weighted by Crippen LogP contribution is 2.17. The quantitative estimate of drug-likeness (QED) is 0.754. The van der Waals surface area contributed by atoms with Gasteiger partial charge in [-0.1, -0.05) is 0 Å². The molecular formula is C9H7F3N4. The molecule has 0 aliphatic rings. The van der Waals surface area contributed by atoms with E-state index in [1.54, 1.807) is 6.92 Å². The van der Waals surface area contributed by atoms with Crippen LogP contribution in [0.2, 0.25) is 0 Å². The Bertz CT molecular complexity index is 527. The molecule has 2 rings (SSSR count). The van der Waals surface area contributed by atoms with Crippen molar-refractivity contribution in [3.63, 3.8) is 0 Å². The maximum atomic E-state index is 13.0. The van der Waals surface area contributed by atoms with Crippen LogP contribution in [0.5, 0.6) is 0 Å². The zero-order chi connectivity index (χ0) is 11.9. The first-order valence-corrected chi connectivity index (χ1v) is 4.33. The zero-order valence-corrected chi connectivity index (χ0v) is 8.21. The van der Waals surface area contributed by atoms with Crippen molar-refractivity contribution in [3.8, 4) is 5.69 Å². The van der Waals surface area contributed by atoms with Crippen molar-refractivity contribution in [2.45, 2.75) is 6.92 Å². The number of aromatic nitrogens is 3. The molecule has 0 aliphatic heterocycles. The molecule has 1 aromatic heterocycles. The van der Waals surface area contributed by atoms with E-state index in [1.165, 1.54) is 0 Å². The van der Waals surface area contributed by atoms with E-state index in [9.17, 15) is 13.2 Å². The molecule has 0 amide bonds. The summed E-state index contributed by atoms with van der Waals surface area (Å²) in [5.41, 5.74) is 5.34. The van der Waals surface area contributed by atoms with Gasteiger partial charge >= 0.3 is 0 Å². The van der Waals surface area contributed by atoms with Crippen LogP contribution < -0.4 is 5.73 Å². The lowest BCUT2D eigenvalue weighted by Crippen LogP contribution is -2.03. The minimum atomic E-state index is -1.52. The molecule has 0 unspecified atom stereocenters. The average Bonchev–Trinajstić information content (AvgIpc) is 2.53. The summed E-state index contributed by atoms with van der Waals surface area (Å²) >= 11 is 0. The first-order valence-electron chi connectivity index (χ1n) is 4.33. The van der Waals surface area contributed by atoms with Crippen LogP contribution >= 0.6 is 0 Å². The summed E-state index contributed by atoms with van der Waals surface area (Å²) in [6.07, 6.45) is 0. The molecule has 0 spiro atoms. The maximum Gasteiger partial charge on any atom is 0.240 e. The molecule has 2 aromatic rings. The predicted octanol–water partition coefficient (Wildman–Crippen LogP) is 1.58. The van der Waals surface area contributed by atoms with E-state index < -0.39 is 17.5 Å². The van der Waals surface area contributed by atoms with Crippen LogP contribution in [-0.4, -0.2) is 14.8 Å². The number of hydrogen-bond donors (Lipinski definition) is 1. The topological polar surface area (TPSA) is 56.7 Å². The van der Waals surface area contributed by atoms with Gasteiger partial charge in [0, 0.05) is 12.1 Å². The van der Waals surface area contributed by atoms with Gasteiger partial charge in [-0.2, -0.15) is 4.98 Å². The van der Waals surface area contributed by atoms with Crippen molar-refractivity contribution in [1.29, 1.82) is 0 Å². The van der Waals surface area contributed by atoms with E-state index in [2.05, 4.69) is 10.1 Å². The van der Waals surface area contributed by atoms with Crippen LogP contribution in [-0.2, 0) is 0 Å². The highest BCUT2D eigenvalue weighted by Gasteiger charge is 2.13. The second-order valence-corrected chi connectivity index (χ2v) is 3.15. The molecule has 1 aromatic carbocycles. The van der Waals surface area contributed by atoms with Gasteiger partial charge in [0.05, 0.1) is 5.69 Å². The van der Waals surface area contributed by atoms with E-state index in [1.807, 2.05) is 0 Å². The summed E-state index contributed by atoms with van der Waals surface area (Å²) < 4.78 is 39.8. The maximum absolute atomic E-state index is 13.0. The third-order valence-corrected chi connectivity index (χ3v) is 2.00. The Kier molecular flexibility index (Phi) is 2.30. The number of nitrogen functional groups attached to an aromatic ring is 1. The molecule has 0 bridgehead atoms. The van der Waals surface area contributed by atoms with Crippen LogP contribution in [0, 0.1) is 24.4 Å². The largest absolute Gasteiger partial charge is 0.366 e. The zero-order valence-electron chi connectivity index (χ0n) is 8.21. The fourth-order valence-electron chi connectivity index (χ4n) is 1.32. The molecule has 0 saturated carbocycles. The van der Waals surface area contributed by atoms with Crippen molar-refractivity contribution < 1.29 is 13.2 Å². The monoisotopic (exact) mass is 228 g/mol. The van der Waals surface area contributed by atoms with Crippen molar-refractivity contribution in [2.24, 2.45) is 0 Å². The molecule has 0 aliphatic carbocycles. The number of benzene rings is 1. The summed E-state index contributed by atoms with van der Waals surface area (Å²) in [5.74, 6) is -3.77. The van der Waals surface area contributed by atoms with Crippen molar-refractivity contribution in [1.82, 2.24) is 14.8 Å². The van der Waals surface area contributed by atoms with Gasteiger partial charge in [0.2, 0.25) is 5.95 Å². The number of nitrogens with two attached hydrogens (primary N) is 1. The second kappa shape index (κ2) is 3.51. The molecule has 0 radical (unpaired) electrons. The van der Waals surface area contributed by atoms with E-state index in [0.29, 0.717) is 5.82 Å². The number of nitrogens with zero attached hydrogens (tertiary/aromatic N) is 3. The predicted molar refractivity (Wildman–Crippen MR) is 50.4 cm³/mol. The molecule has 84 valence electrons. The summed E-state index contributed by atoms with van der Waals surface area (Å²) in [4.78, 5) is 3.76. The third kappa shape index (κ3) is 1.60. The lowest BCUT2D eigenvalue weighted by atomic mass is 10.3. The number of rotatable bonds is 1. The van der Waals surface area contributed by atoms with Gasteiger partial charge in [-0.3, -0.25) is 0 Å². The van der Waals surface area contributed by atoms with Crippen LogP contribution in [0.3, 0.4) is 0 Å². The molecular weight excluding hydrogens is 221 g/mol. The van der Waals surface area contributed by atoms with Crippen LogP contribution in [0.15, 0.2) is 12.1 Å². The molecule has 2 N–H and O–H groups in total. The number of halogens is 3. The van der Waals surface area contributed by atoms with Crippen LogP contribution in [0.4, 0.5) is 19.1 Å². The molecule has 7 heteroatoms. The van der Waals surface area contributed by atoms with E-state index >= 15 is 0 Å². The molecule has 0 atom stereocenters. The Morgan fingerprint density at radius 2 is 1.75 bits per heavy atom. The Hall–Kier alpha value is -2.05. The van der Waals surface area contributed by atoms with Gasteiger partial charge < -0.3 is 5.73 Å². The lowest BCUT2D eigenvalue weighted by Gasteiger charge is -2.04. The van der Waals surface area contributed by atoms with E-state index in [-0.39, 0.29) is 11.6 Å². The summed E-state index contributed by atoms with van der Waals surface area (Å²) in [5, 5.41) is 3.72. The highest BCUT2D eigenvalue weighted by atomic mass is 19.2. The molecule has 0 fully saturated rings. The normalized spacial score (nSPS) is 10.8. The average molecular weight is 228 g/mol. The standard InChI is InChI=1S/C9H7F3N4/c1-4-14-9(13)15-16(4)5-2-6(10)8(12)7(11)3-5/h2-3H,1H3,(H2,13,15). The molecule has 16 heavy (non-hydrogen) atoms. The Morgan fingerprint density at radius 1 is 1.19 bits per heavy atom. The van der Waals surface area contributed by atoms with Gasteiger partial charge in [0.25, 0.3) is 0 Å². The number of hydrogen-bond acceptors (Lipinski definition) is 3. The fourth-order valence-corrected chi connectivity index (χ4v) is 1.32. The van der Waals surface area contributed by atoms with Gasteiger partial charge in [-0.05, 0) is 6.92 Å². The van der Waals surface area contributed by atoms with E-state index in [0.717, 1.165) is 16.8 Å². The van der Waals surface area contributed by atoms with Crippen LogP contribution in [0.25, 0.3) is 5.69 Å². The van der Waals surface area contributed by atoms with Crippen molar-refractivity contribution in [3.05, 3.63) is 35.4 Å². The van der Waals surface area contributed by atoms with Gasteiger partial charge in [-0.25, -0.2) is 17.9 Å². The van der Waals surface area contributed by atoms with Crippen molar-refractivity contribution in [2.75, 3.05) is 5.73 Å². The Balaban J connectivity index is 2.61. The first kappa shape index (κ1) is 10.5. The smallest absolute Gasteiger partial charge is 0.240 e. The highest BCUT2D eigenvalue weighted by molar-refractivity contribution is 5.35. The van der Waals surface area contributed by atoms with Crippen LogP contribution in [0.1, 0.15) is 5.82 Å². The second-order valence-electron chi connectivity index (χ2n) is 3.15. The lowest BCUT2D eigenvalue weighted by molar-refractivity contribution is 0.446. The molecule has 1 heterocycles.